The van der Waals surface area contributed by atoms with Crippen molar-refractivity contribution in [2.24, 2.45) is 0 Å². The summed E-state index contributed by atoms with van der Waals surface area (Å²) in [6.07, 6.45) is -1.87. The van der Waals surface area contributed by atoms with E-state index in [1.54, 1.807) is 31.3 Å². The second-order valence-corrected chi connectivity index (χ2v) is 10.1. The lowest BCUT2D eigenvalue weighted by molar-refractivity contribution is -0.137. The number of hydrogen-bond donors (Lipinski definition) is 2. The lowest BCUT2D eigenvalue weighted by atomic mass is 10.1. The Morgan fingerprint density at radius 2 is 1.73 bits per heavy atom. The van der Waals surface area contributed by atoms with Gasteiger partial charge in [-0.15, -0.1) is 0 Å². The highest BCUT2D eigenvalue weighted by Crippen LogP contribution is 2.30. The highest BCUT2D eigenvalue weighted by atomic mass is 19.4. The minimum atomic E-state index is -4.44. The number of fused-ring (bicyclic) bond motifs is 1. The molecule has 3 aromatic heterocycles. The number of halogens is 3. The van der Waals surface area contributed by atoms with Crippen LogP contribution in [0.4, 0.5) is 30.5 Å². The monoisotopic (exact) mass is 566 g/mol. The number of nitrogens with one attached hydrogen (secondary N) is 1. The van der Waals surface area contributed by atoms with Crippen LogP contribution in [0.3, 0.4) is 0 Å². The minimum absolute atomic E-state index is 0.137. The fraction of sp³-hybridized carbons (Fsp3) is 0.310. The number of carbonyl (C=O) groups is 1. The number of nitrogens with zero attached hydrogens (tertiary/aromatic N) is 5. The number of carboxylic acids is 1. The molecule has 0 unspecified atom stereocenters. The predicted octanol–water partition coefficient (Wildman–Crippen LogP) is 4.92. The van der Waals surface area contributed by atoms with E-state index in [1.165, 1.54) is 16.5 Å². The third-order valence-corrected chi connectivity index (χ3v) is 7.26. The number of carboxylic acid groups (broad SMARTS) is 1. The zero-order valence-corrected chi connectivity index (χ0v) is 22.7. The van der Waals surface area contributed by atoms with Crippen molar-refractivity contribution in [2.75, 3.05) is 41.3 Å². The summed E-state index contributed by atoms with van der Waals surface area (Å²) in [5, 5.41) is 12.9. The van der Waals surface area contributed by atoms with Gasteiger partial charge in [0, 0.05) is 49.8 Å². The standard InChI is InChI=1S/C29H29F3N6O3/c1-17-14-22(19(3)34-23-7-5-4-6-21(23)28(40)41)26-35-25(18(2)27(39)38(26)16-17)37-12-10-36(11-13-37)24-9-8-20(15-33-24)29(30,31)32/h4-9,14-16,19,34H,10-13H2,1-3H3,(H,40,41)/t19-/m1/s1. The van der Waals surface area contributed by atoms with E-state index in [0.29, 0.717) is 54.7 Å². The van der Waals surface area contributed by atoms with E-state index in [2.05, 4.69) is 10.3 Å². The number of rotatable bonds is 6. The van der Waals surface area contributed by atoms with Crippen LogP contribution >= 0.6 is 0 Å². The third-order valence-electron chi connectivity index (χ3n) is 7.26. The molecular formula is C29H29F3N6O3. The van der Waals surface area contributed by atoms with Crippen molar-refractivity contribution in [3.05, 3.63) is 93.0 Å². The first-order valence-electron chi connectivity index (χ1n) is 13.1. The van der Waals surface area contributed by atoms with E-state index in [-0.39, 0.29) is 17.2 Å². The van der Waals surface area contributed by atoms with Crippen LogP contribution in [0, 0.1) is 13.8 Å². The number of aromatic nitrogens is 3. The van der Waals surface area contributed by atoms with Crippen LogP contribution in [0.5, 0.6) is 0 Å². The number of hydrogen-bond acceptors (Lipinski definition) is 7. The van der Waals surface area contributed by atoms with Crippen molar-refractivity contribution in [1.29, 1.82) is 0 Å². The molecule has 0 radical (unpaired) electrons. The Bertz CT molecular complexity index is 1660. The third kappa shape index (κ3) is 5.54. The molecular weight excluding hydrogens is 537 g/mol. The van der Waals surface area contributed by atoms with Crippen LogP contribution in [0.25, 0.3) is 5.65 Å². The van der Waals surface area contributed by atoms with Crippen LogP contribution in [0.1, 0.15) is 45.6 Å². The van der Waals surface area contributed by atoms with Crippen molar-refractivity contribution in [3.63, 3.8) is 0 Å². The molecule has 214 valence electrons. The Kier molecular flexibility index (Phi) is 7.33. The number of piperazine rings is 1. The van der Waals surface area contributed by atoms with Gasteiger partial charge in [-0.25, -0.2) is 14.8 Å². The zero-order valence-electron chi connectivity index (χ0n) is 22.7. The Balaban J connectivity index is 1.44. The average molecular weight is 567 g/mol. The first-order chi connectivity index (χ1) is 19.4. The Morgan fingerprint density at radius 1 is 1.05 bits per heavy atom. The van der Waals surface area contributed by atoms with Gasteiger partial charge in [0.05, 0.1) is 22.7 Å². The first-order valence-corrected chi connectivity index (χ1v) is 13.1. The molecule has 1 aliphatic heterocycles. The molecule has 4 aromatic rings. The second-order valence-electron chi connectivity index (χ2n) is 10.1. The maximum Gasteiger partial charge on any atom is 0.417 e. The number of alkyl halides is 3. The van der Waals surface area contributed by atoms with E-state index < -0.39 is 17.7 Å². The van der Waals surface area contributed by atoms with Gasteiger partial charge in [0.2, 0.25) is 0 Å². The van der Waals surface area contributed by atoms with Gasteiger partial charge >= 0.3 is 12.1 Å². The molecule has 5 rings (SSSR count). The number of pyridine rings is 2. The van der Waals surface area contributed by atoms with Gasteiger partial charge < -0.3 is 20.2 Å². The summed E-state index contributed by atoms with van der Waals surface area (Å²) >= 11 is 0. The van der Waals surface area contributed by atoms with Gasteiger partial charge in [-0.2, -0.15) is 13.2 Å². The fourth-order valence-electron chi connectivity index (χ4n) is 5.11. The molecule has 1 saturated heterocycles. The number of para-hydroxylation sites is 1. The summed E-state index contributed by atoms with van der Waals surface area (Å²) in [5.41, 5.74) is 2.11. The van der Waals surface area contributed by atoms with Gasteiger partial charge in [0.1, 0.15) is 17.3 Å². The molecule has 4 heterocycles. The molecule has 41 heavy (non-hydrogen) atoms. The molecule has 0 amide bonds. The van der Waals surface area contributed by atoms with Crippen LogP contribution in [0.2, 0.25) is 0 Å². The van der Waals surface area contributed by atoms with Gasteiger partial charge in [-0.3, -0.25) is 9.20 Å². The maximum atomic E-state index is 13.5. The van der Waals surface area contributed by atoms with Crippen LogP contribution < -0.4 is 20.7 Å². The van der Waals surface area contributed by atoms with Gasteiger partial charge in [-0.05, 0) is 56.7 Å². The van der Waals surface area contributed by atoms with Crippen molar-refractivity contribution in [3.8, 4) is 0 Å². The topological polar surface area (TPSA) is 103 Å². The molecule has 1 fully saturated rings. The van der Waals surface area contributed by atoms with Crippen molar-refractivity contribution in [2.45, 2.75) is 33.0 Å². The van der Waals surface area contributed by atoms with Crippen LogP contribution in [-0.4, -0.2) is 51.6 Å². The molecule has 0 saturated carbocycles. The number of benzene rings is 1. The SMILES string of the molecule is Cc1cc([C@@H](C)Nc2ccccc2C(=O)O)c2nc(N3CCN(c4ccc(C(F)(F)F)cn4)CC3)c(C)c(=O)n2c1. The molecule has 1 aromatic carbocycles. The number of aryl methyl sites for hydroxylation is 1. The van der Waals surface area contributed by atoms with Crippen molar-refractivity contribution in [1.82, 2.24) is 14.4 Å². The molecule has 12 heteroatoms. The van der Waals surface area contributed by atoms with Crippen LogP contribution in [0.15, 0.2) is 59.7 Å². The molecule has 0 spiro atoms. The predicted molar refractivity (Wildman–Crippen MR) is 150 cm³/mol. The van der Waals surface area contributed by atoms with E-state index in [4.69, 9.17) is 4.98 Å². The molecule has 9 nitrogen and oxygen atoms in total. The summed E-state index contributed by atoms with van der Waals surface area (Å²) in [4.78, 5) is 38.1. The smallest absolute Gasteiger partial charge is 0.417 e. The quantitative estimate of drug-likeness (QED) is 0.339. The summed E-state index contributed by atoms with van der Waals surface area (Å²) < 4.78 is 40.3. The molecule has 1 aliphatic rings. The van der Waals surface area contributed by atoms with Gasteiger partial charge in [-0.1, -0.05) is 12.1 Å². The molecule has 2 N–H and O–H groups in total. The molecule has 0 aliphatic carbocycles. The van der Waals surface area contributed by atoms with Crippen LogP contribution in [-0.2, 0) is 6.18 Å². The van der Waals surface area contributed by atoms with Crippen molar-refractivity contribution >= 4 is 28.9 Å². The number of aromatic carboxylic acids is 1. The largest absolute Gasteiger partial charge is 0.478 e. The summed E-state index contributed by atoms with van der Waals surface area (Å²) in [5.74, 6) is -0.0502. The summed E-state index contributed by atoms with van der Waals surface area (Å²) in [6, 6.07) is 10.6. The normalized spacial score (nSPS) is 14.8. The fourth-order valence-corrected chi connectivity index (χ4v) is 5.11. The van der Waals surface area contributed by atoms with E-state index >= 15 is 0 Å². The van der Waals surface area contributed by atoms with E-state index in [9.17, 15) is 27.9 Å². The lowest BCUT2D eigenvalue weighted by Gasteiger charge is -2.36. The Hall–Kier alpha value is -4.61. The average Bonchev–Trinajstić information content (AvgIpc) is 2.94. The number of anilines is 3. The molecule has 0 bridgehead atoms. The highest BCUT2D eigenvalue weighted by Gasteiger charge is 2.31. The minimum Gasteiger partial charge on any atom is -0.478 e. The summed E-state index contributed by atoms with van der Waals surface area (Å²) in [6.45, 7) is 7.46. The Labute approximate surface area is 233 Å². The van der Waals surface area contributed by atoms with E-state index in [1.807, 2.05) is 29.7 Å². The van der Waals surface area contributed by atoms with E-state index in [0.717, 1.165) is 23.4 Å². The maximum absolute atomic E-state index is 13.5. The highest BCUT2D eigenvalue weighted by molar-refractivity contribution is 5.94. The zero-order chi connectivity index (χ0) is 29.5. The van der Waals surface area contributed by atoms with Gasteiger partial charge in [0.25, 0.3) is 5.56 Å². The summed E-state index contributed by atoms with van der Waals surface area (Å²) in [7, 11) is 0. The Morgan fingerprint density at radius 3 is 2.37 bits per heavy atom. The first kappa shape index (κ1) is 27.9. The van der Waals surface area contributed by atoms with Crippen molar-refractivity contribution < 1.29 is 23.1 Å². The van der Waals surface area contributed by atoms with Gasteiger partial charge in [0.15, 0.2) is 0 Å². The second kappa shape index (κ2) is 10.8. The lowest BCUT2D eigenvalue weighted by Crippen LogP contribution is -2.48. The molecule has 1 atom stereocenters.